The summed E-state index contributed by atoms with van der Waals surface area (Å²) < 4.78 is 1.87. The van der Waals surface area contributed by atoms with Gasteiger partial charge in [0, 0.05) is 58.2 Å². The van der Waals surface area contributed by atoms with Crippen molar-refractivity contribution in [3.63, 3.8) is 0 Å². The first kappa shape index (κ1) is 36.5. The second-order valence-corrected chi connectivity index (χ2v) is 9.85. The molecule has 4 aromatic rings. The summed E-state index contributed by atoms with van der Waals surface area (Å²) in [5, 5.41) is 27.0. The van der Waals surface area contributed by atoms with Crippen molar-refractivity contribution in [1.29, 1.82) is 0 Å². The molecule has 0 aliphatic carbocycles. The number of amides is 1. The van der Waals surface area contributed by atoms with Crippen LogP contribution < -0.4 is 16.4 Å². The van der Waals surface area contributed by atoms with Crippen molar-refractivity contribution in [1.82, 2.24) is 34.3 Å². The Hall–Kier alpha value is -5.68. The number of carbonyl (C=O) groups excluding carboxylic acids is 1. The SMILES string of the molecule is CNc1nc(Nc2ccc(CN3CCN(C)[C@@H](C)C3)cc2)c(C(N)=O)nc1-c1cncc2c1ncn2C.O=CO.O=CO.O=CO. The summed E-state index contributed by atoms with van der Waals surface area (Å²) in [5.74, 6) is 0.0801. The molecular formula is C29H38N10O7. The molecule has 0 spiro atoms. The van der Waals surface area contributed by atoms with Gasteiger partial charge in [-0.05, 0) is 31.7 Å². The number of nitrogens with two attached hydrogens (primary N) is 1. The number of rotatable bonds is 7. The molecule has 7 N–H and O–H groups in total. The number of fused-ring (bicyclic) bond motifs is 1. The molecule has 5 rings (SSSR count). The second-order valence-electron chi connectivity index (χ2n) is 9.85. The van der Waals surface area contributed by atoms with Gasteiger partial charge in [0.25, 0.3) is 25.3 Å². The van der Waals surface area contributed by atoms with Gasteiger partial charge in [-0.1, -0.05) is 12.1 Å². The van der Waals surface area contributed by atoms with Gasteiger partial charge >= 0.3 is 0 Å². The average Bonchev–Trinajstić information content (AvgIpc) is 3.41. The minimum Gasteiger partial charge on any atom is -0.483 e. The predicted octanol–water partition coefficient (Wildman–Crippen LogP) is 1.55. The number of hydrogen-bond acceptors (Lipinski definition) is 12. The number of pyridine rings is 1. The Morgan fingerprint density at radius 1 is 1.00 bits per heavy atom. The van der Waals surface area contributed by atoms with E-state index in [1.165, 1.54) is 5.56 Å². The lowest BCUT2D eigenvalue weighted by molar-refractivity contribution is -0.123. The molecule has 0 radical (unpaired) electrons. The Morgan fingerprint density at radius 3 is 2.20 bits per heavy atom. The van der Waals surface area contributed by atoms with Gasteiger partial charge in [0.15, 0.2) is 17.3 Å². The number of carboxylic acid groups (broad SMARTS) is 3. The van der Waals surface area contributed by atoms with Crippen LogP contribution in [0.4, 0.5) is 17.3 Å². The molecule has 0 bridgehead atoms. The standard InChI is InChI=1S/C26H32N10O.3CH2O2/c1-16-13-36(10-9-34(16)3)14-17-5-7-18(8-6-17)31-26-23(24(27)37)32-22(25(28-2)33-26)19-11-29-12-20-21(19)30-15-35(20)4;3*2-1-3/h5-8,11-12,15-16H,9-10,13-14H2,1-4H3,(H2,27,37)(H2,28,31,33);3*1H,(H,2,3)/t16-;;;/m0.../s1. The quantitative estimate of drug-likeness (QED) is 0.157. The van der Waals surface area contributed by atoms with Gasteiger partial charge in [-0.3, -0.25) is 29.1 Å². The molecule has 0 saturated carbocycles. The molecule has 1 saturated heterocycles. The van der Waals surface area contributed by atoms with Crippen LogP contribution in [0.25, 0.3) is 22.3 Å². The summed E-state index contributed by atoms with van der Waals surface area (Å²) in [4.78, 5) is 60.4. The van der Waals surface area contributed by atoms with E-state index in [1.54, 1.807) is 25.8 Å². The van der Waals surface area contributed by atoms with Crippen LogP contribution in [-0.2, 0) is 28.0 Å². The molecule has 4 heterocycles. The smallest absolute Gasteiger partial charge is 0.290 e. The number of piperazine rings is 1. The summed E-state index contributed by atoms with van der Waals surface area (Å²) in [5.41, 5.74) is 10.4. The number of aryl methyl sites for hydroxylation is 1. The van der Waals surface area contributed by atoms with Crippen LogP contribution in [0.3, 0.4) is 0 Å². The van der Waals surface area contributed by atoms with Crippen molar-refractivity contribution < 1.29 is 34.5 Å². The van der Waals surface area contributed by atoms with Crippen molar-refractivity contribution in [2.45, 2.75) is 19.5 Å². The largest absolute Gasteiger partial charge is 0.483 e. The average molecular weight is 639 g/mol. The van der Waals surface area contributed by atoms with Crippen molar-refractivity contribution in [3.8, 4) is 11.3 Å². The molecule has 1 amide bonds. The Morgan fingerprint density at radius 2 is 1.63 bits per heavy atom. The van der Waals surface area contributed by atoms with Gasteiger partial charge in [-0.15, -0.1) is 0 Å². The first-order chi connectivity index (χ1) is 22.1. The molecule has 17 heteroatoms. The maximum Gasteiger partial charge on any atom is 0.290 e. The lowest BCUT2D eigenvalue weighted by Gasteiger charge is -2.37. The van der Waals surface area contributed by atoms with Crippen molar-refractivity contribution in [3.05, 3.63) is 54.2 Å². The summed E-state index contributed by atoms with van der Waals surface area (Å²) >= 11 is 0. The van der Waals surface area contributed by atoms with E-state index >= 15 is 0 Å². The maximum absolute atomic E-state index is 12.4. The van der Waals surface area contributed by atoms with E-state index in [4.69, 9.17) is 35.4 Å². The van der Waals surface area contributed by atoms with Crippen LogP contribution in [-0.4, -0.2) is 115 Å². The Labute approximate surface area is 264 Å². The molecule has 246 valence electrons. The van der Waals surface area contributed by atoms with E-state index in [2.05, 4.69) is 66.5 Å². The zero-order valence-electron chi connectivity index (χ0n) is 25.9. The number of hydrogen-bond donors (Lipinski definition) is 6. The van der Waals surface area contributed by atoms with Crippen LogP contribution in [0.1, 0.15) is 23.0 Å². The summed E-state index contributed by atoms with van der Waals surface area (Å²) in [6, 6.07) is 8.68. The summed E-state index contributed by atoms with van der Waals surface area (Å²) in [6.07, 6.45) is 5.11. The molecular weight excluding hydrogens is 600 g/mol. The lowest BCUT2D eigenvalue weighted by atomic mass is 10.1. The Bertz CT molecular complexity index is 1580. The van der Waals surface area contributed by atoms with Crippen LogP contribution >= 0.6 is 0 Å². The number of anilines is 3. The molecule has 1 atom stereocenters. The van der Waals surface area contributed by atoms with Crippen LogP contribution in [0.5, 0.6) is 0 Å². The molecule has 1 aliphatic rings. The molecule has 1 fully saturated rings. The van der Waals surface area contributed by atoms with Crippen LogP contribution in [0, 0.1) is 0 Å². The fourth-order valence-corrected chi connectivity index (χ4v) is 4.63. The van der Waals surface area contributed by atoms with Crippen LogP contribution in [0.2, 0.25) is 0 Å². The molecule has 0 unspecified atom stereocenters. The van der Waals surface area contributed by atoms with E-state index in [-0.39, 0.29) is 30.9 Å². The third kappa shape index (κ3) is 9.66. The second kappa shape index (κ2) is 18.2. The number of nitrogens with zero attached hydrogens (tertiary/aromatic N) is 7. The number of imidazole rings is 1. The zero-order valence-corrected chi connectivity index (χ0v) is 25.9. The fourth-order valence-electron chi connectivity index (χ4n) is 4.63. The molecule has 17 nitrogen and oxygen atoms in total. The van der Waals surface area contributed by atoms with Gasteiger partial charge in [-0.25, -0.2) is 15.0 Å². The van der Waals surface area contributed by atoms with Gasteiger partial charge in [-0.2, -0.15) is 0 Å². The van der Waals surface area contributed by atoms with E-state index in [0.717, 1.165) is 37.4 Å². The van der Waals surface area contributed by atoms with Crippen molar-refractivity contribution >= 4 is 53.7 Å². The minimum atomic E-state index is -0.680. The lowest BCUT2D eigenvalue weighted by Crippen LogP contribution is -2.49. The Kier molecular flexibility index (Phi) is 14.4. The normalized spacial score (nSPS) is 14.2. The molecule has 46 heavy (non-hydrogen) atoms. The highest BCUT2D eigenvalue weighted by Gasteiger charge is 2.22. The van der Waals surface area contributed by atoms with E-state index < -0.39 is 5.91 Å². The van der Waals surface area contributed by atoms with E-state index in [1.807, 2.05) is 23.7 Å². The highest BCUT2D eigenvalue weighted by molar-refractivity contribution is 5.99. The van der Waals surface area contributed by atoms with Gasteiger partial charge in [0.2, 0.25) is 0 Å². The number of likely N-dealkylation sites (N-methyl/N-ethyl adjacent to an activating group) is 1. The number of carbonyl (C=O) groups is 4. The zero-order chi connectivity index (χ0) is 34.2. The summed E-state index contributed by atoms with van der Waals surface area (Å²) in [7, 11) is 5.82. The van der Waals surface area contributed by atoms with E-state index in [0.29, 0.717) is 28.6 Å². The third-order valence-electron chi connectivity index (χ3n) is 6.93. The number of benzene rings is 1. The maximum atomic E-state index is 12.4. The van der Waals surface area contributed by atoms with Gasteiger partial charge < -0.3 is 41.2 Å². The predicted molar refractivity (Wildman–Crippen MR) is 171 cm³/mol. The molecule has 1 aromatic carbocycles. The number of primary amides is 1. The van der Waals surface area contributed by atoms with Crippen molar-refractivity contribution in [2.24, 2.45) is 12.8 Å². The number of aromatic nitrogens is 5. The first-order valence-corrected chi connectivity index (χ1v) is 13.8. The van der Waals surface area contributed by atoms with Gasteiger partial charge in [0.05, 0.1) is 23.6 Å². The third-order valence-corrected chi connectivity index (χ3v) is 6.93. The monoisotopic (exact) mass is 638 g/mol. The van der Waals surface area contributed by atoms with Crippen molar-refractivity contribution in [2.75, 3.05) is 44.4 Å². The minimum absolute atomic E-state index is 0.0393. The topological polar surface area (TPSA) is 242 Å². The Balaban J connectivity index is 0.000000736. The molecule has 3 aromatic heterocycles. The van der Waals surface area contributed by atoms with Gasteiger partial charge in [0.1, 0.15) is 11.2 Å². The highest BCUT2D eigenvalue weighted by Crippen LogP contribution is 2.32. The van der Waals surface area contributed by atoms with E-state index in [9.17, 15) is 4.79 Å². The first-order valence-electron chi connectivity index (χ1n) is 13.8. The summed E-state index contributed by atoms with van der Waals surface area (Å²) in [6.45, 7) is 5.59. The van der Waals surface area contributed by atoms with Crippen LogP contribution in [0.15, 0.2) is 43.0 Å². The molecule has 1 aliphatic heterocycles. The highest BCUT2D eigenvalue weighted by atomic mass is 16.4. The number of nitrogens with one attached hydrogen (secondary N) is 2. The fraction of sp³-hybridized carbons (Fsp3) is 0.310.